The Hall–Kier alpha value is -2.41. The Labute approximate surface area is 159 Å². The normalized spacial score (nSPS) is 29.8. The van der Waals surface area contributed by atoms with Gasteiger partial charge in [0.2, 0.25) is 17.4 Å². The van der Waals surface area contributed by atoms with Gasteiger partial charge in [0.25, 0.3) is 0 Å². The van der Waals surface area contributed by atoms with E-state index in [2.05, 4.69) is 0 Å². The first-order chi connectivity index (χ1) is 12.8. The molecule has 0 radical (unpaired) electrons. The molecule has 2 aliphatic rings. The van der Waals surface area contributed by atoms with Crippen molar-refractivity contribution < 1.29 is 24.4 Å². The van der Waals surface area contributed by atoms with E-state index in [1.165, 1.54) is 12.0 Å². The van der Waals surface area contributed by atoms with Gasteiger partial charge < -0.3 is 15.0 Å². The minimum Gasteiger partial charge on any atom is -0.464 e. The van der Waals surface area contributed by atoms with Crippen LogP contribution in [0, 0.1) is 11.8 Å². The number of anilines is 1. The summed E-state index contributed by atoms with van der Waals surface area (Å²) in [4.78, 5) is 42.1. The Bertz CT molecular complexity index is 761. The Balaban J connectivity index is 2.09. The fourth-order valence-corrected chi connectivity index (χ4v) is 4.66. The first-order valence-electron chi connectivity index (χ1n) is 9.39. The van der Waals surface area contributed by atoms with E-state index in [0.29, 0.717) is 13.0 Å². The summed E-state index contributed by atoms with van der Waals surface area (Å²) in [5.74, 6) is -2.14. The molecule has 0 unspecified atom stereocenters. The van der Waals surface area contributed by atoms with Crippen LogP contribution in [-0.2, 0) is 19.1 Å². The van der Waals surface area contributed by atoms with Crippen molar-refractivity contribution in [3.8, 4) is 0 Å². The highest BCUT2D eigenvalue weighted by Crippen LogP contribution is 2.45. The van der Waals surface area contributed by atoms with Crippen molar-refractivity contribution in [3.05, 3.63) is 29.8 Å². The number of rotatable bonds is 5. The molecule has 0 spiro atoms. The minimum absolute atomic E-state index is 0.190. The molecule has 27 heavy (non-hydrogen) atoms. The van der Waals surface area contributed by atoms with E-state index < -0.39 is 23.3 Å². The molecule has 2 aliphatic heterocycles. The van der Waals surface area contributed by atoms with Crippen molar-refractivity contribution in [2.45, 2.75) is 31.8 Å². The zero-order valence-corrected chi connectivity index (χ0v) is 16.6. The molecule has 3 rings (SSSR count). The quantitative estimate of drug-likeness (QED) is 0.593. The molecule has 1 aromatic carbocycles. The molecule has 2 heterocycles. The number of carbonyl (C=O) groups excluding carboxylic acids is 3. The van der Waals surface area contributed by atoms with Gasteiger partial charge in [-0.3, -0.25) is 14.5 Å². The molecular weight excluding hydrogens is 346 g/mol. The number of nitrogens with two attached hydrogens (primary N) is 1. The SMILES string of the molecule is CCN1C(=O)[C@@H]2[C@H](c3ccc(N(C)C)cc3)[NH2+][C@](CC)(C(=O)OC)[C@H]2C1=O. The standard InChI is InChI=1S/C20H27N3O4/c1-6-20(19(26)27-5)15-14(17(24)23(7-2)18(15)25)16(21-20)12-8-10-13(11-9-12)22(3)4/h8-11,14-16,21H,6-7H2,1-5H3/p+1/t14-,15+,16-,20-/m0/s1. The number of hydrogen-bond acceptors (Lipinski definition) is 5. The highest BCUT2D eigenvalue weighted by Gasteiger charge is 2.71. The average Bonchev–Trinajstić information content (AvgIpc) is 3.15. The zero-order valence-electron chi connectivity index (χ0n) is 16.6. The van der Waals surface area contributed by atoms with E-state index in [-0.39, 0.29) is 17.9 Å². The lowest BCUT2D eigenvalue weighted by Gasteiger charge is -2.28. The van der Waals surface area contributed by atoms with Crippen LogP contribution in [-0.4, -0.2) is 56.0 Å². The molecule has 1 aromatic rings. The summed E-state index contributed by atoms with van der Waals surface area (Å²) >= 11 is 0. The van der Waals surface area contributed by atoms with Gasteiger partial charge in [-0.15, -0.1) is 0 Å². The third-order valence-electron chi connectivity index (χ3n) is 6.12. The van der Waals surface area contributed by atoms with Gasteiger partial charge in [0.1, 0.15) is 17.9 Å². The minimum atomic E-state index is -1.07. The van der Waals surface area contributed by atoms with Crippen LogP contribution in [0.3, 0.4) is 0 Å². The number of methoxy groups -OCH3 is 1. The molecule has 2 saturated heterocycles. The highest BCUT2D eigenvalue weighted by atomic mass is 16.5. The third-order valence-corrected chi connectivity index (χ3v) is 6.12. The summed E-state index contributed by atoms with van der Waals surface area (Å²) in [5, 5.41) is 1.89. The second-order valence-corrected chi connectivity index (χ2v) is 7.49. The number of nitrogens with zero attached hydrogens (tertiary/aromatic N) is 2. The number of esters is 1. The maximum absolute atomic E-state index is 13.0. The summed E-state index contributed by atoms with van der Waals surface area (Å²) in [5.41, 5.74) is 0.919. The number of ether oxygens (including phenoxy) is 1. The van der Waals surface area contributed by atoms with E-state index in [0.717, 1.165) is 11.3 Å². The van der Waals surface area contributed by atoms with E-state index in [9.17, 15) is 14.4 Å². The Morgan fingerprint density at radius 1 is 1.19 bits per heavy atom. The van der Waals surface area contributed by atoms with E-state index in [1.807, 2.05) is 55.5 Å². The van der Waals surface area contributed by atoms with E-state index in [4.69, 9.17) is 4.74 Å². The first-order valence-corrected chi connectivity index (χ1v) is 9.39. The lowest BCUT2D eigenvalue weighted by molar-refractivity contribution is -0.734. The molecule has 0 saturated carbocycles. The second-order valence-electron chi connectivity index (χ2n) is 7.49. The lowest BCUT2D eigenvalue weighted by atomic mass is 9.78. The fraction of sp³-hybridized carbons (Fsp3) is 0.550. The molecule has 2 N–H and O–H groups in total. The van der Waals surface area contributed by atoms with Crippen LogP contribution in [0.15, 0.2) is 24.3 Å². The monoisotopic (exact) mass is 374 g/mol. The zero-order chi connectivity index (χ0) is 19.9. The van der Waals surface area contributed by atoms with E-state index in [1.54, 1.807) is 6.92 Å². The number of hydrogen-bond donors (Lipinski definition) is 1. The average molecular weight is 374 g/mol. The number of imide groups is 1. The number of fused-ring (bicyclic) bond motifs is 1. The first kappa shape index (κ1) is 19.4. The Morgan fingerprint density at radius 2 is 1.81 bits per heavy atom. The van der Waals surface area contributed by atoms with Crippen LogP contribution in [0.5, 0.6) is 0 Å². The van der Waals surface area contributed by atoms with Crippen molar-refractivity contribution in [2.24, 2.45) is 11.8 Å². The predicted molar refractivity (Wildman–Crippen MR) is 99.8 cm³/mol. The fourth-order valence-electron chi connectivity index (χ4n) is 4.66. The summed E-state index contributed by atoms with van der Waals surface area (Å²) in [7, 11) is 5.26. The van der Waals surface area contributed by atoms with Crippen LogP contribution >= 0.6 is 0 Å². The number of quaternary nitrogens is 1. The van der Waals surface area contributed by atoms with Crippen molar-refractivity contribution >= 4 is 23.5 Å². The van der Waals surface area contributed by atoms with Crippen LogP contribution in [0.25, 0.3) is 0 Å². The predicted octanol–water partition coefficient (Wildman–Crippen LogP) is 0.314. The summed E-state index contributed by atoms with van der Waals surface area (Å²) in [6.45, 7) is 3.97. The molecular formula is C20H28N3O4+. The van der Waals surface area contributed by atoms with E-state index >= 15 is 0 Å². The van der Waals surface area contributed by atoms with Crippen molar-refractivity contribution in [3.63, 3.8) is 0 Å². The number of likely N-dealkylation sites (tertiary alicyclic amines) is 1. The molecule has 7 heteroatoms. The third kappa shape index (κ3) is 2.72. The van der Waals surface area contributed by atoms with Gasteiger partial charge in [-0.1, -0.05) is 19.1 Å². The number of carbonyl (C=O) groups is 3. The van der Waals surface area contributed by atoms with Crippen molar-refractivity contribution in [2.75, 3.05) is 32.6 Å². The number of benzene rings is 1. The van der Waals surface area contributed by atoms with Gasteiger partial charge in [0.15, 0.2) is 0 Å². The molecule has 146 valence electrons. The van der Waals surface area contributed by atoms with Gasteiger partial charge in [-0.05, 0) is 19.1 Å². The maximum Gasteiger partial charge on any atom is 0.368 e. The Kier molecular flexibility index (Phi) is 4.99. The molecule has 7 nitrogen and oxygen atoms in total. The maximum atomic E-state index is 13.0. The van der Waals surface area contributed by atoms with Gasteiger partial charge in [-0.2, -0.15) is 0 Å². The van der Waals surface area contributed by atoms with Gasteiger partial charge in [0, 0.05) is 38.3 Å². The summed E-state index contributed by atoms with van der Waals surface area (Å²) in [6, 6.07) is 7.63. The van der Waals surface area contributed by atoms with Gasteiger partial charge in [0.05, 0.1) is 7.11 Å². The smallest absolute Gasteiger partial charge is 0.368 e. The topological polar surface area (TPSA) is 83.5 Å². The van der Waals surface area contributed by atoms with Crippen LogP contribution < -0.4 is 10.2 Å². The molecule has 0 bridgehead atoms. The highest BCUT2D eigenvalue weighted by molar-refractivity contribution is 6.08. The molecule has 4 atom stereocenters. The van der Waals surface area contributed by atoms with Crippen molar-refractivity contribution in [1.82, 2.24) is 4.90 Å². The summed E-state index contributed by atoms with van der Waals surface area (Å²) < 4.78 is 5.06. The largest absolute Gasteiger partial charge is 0.464 e. The molecule has 2 fully saturated rings. The van der Waals surface area contributed by atoms with Gasteiger partial charge >= 0.3 is 5.97 Å². The van der Waals surface area contributed by atoms with Crippen LogP contribution in [0.1, 0.15) is 31.9 Å². The molecule has 0 aliphatic carbocycles. The second kappa shape index (κ2) is 6.96. The summed E-state index contributed by atoms with van der Waals surface area (Å²) in [6.07, 6.45) is 0.420. The molecule has 0 aromatic heterocycles. The van der Waals surface area contributed by atoms with Crippen molar-refractivity contribution in [1.29, 1.82) is 0 Å². The number of amides is 2. The van der Waals surface area contributed by atoms with Crippen LogP contribution in [0.2, 0.25) is 0 Å². The van der Waals surface area contributed by atoms with Gasteiger partial charge in [-0.25, -0.2) is 4.79 Å². The molecule has 2 amide bonds. The lowest BCUT2D eigenvalue weighted by Crippen LogP contribution is -2.98. The van der Waals surface area contributed by atoms with Crippen LogP contribution in [0.4, 0.5) is 5.69 Å². The Morgan fingerprint density at radius 3 is 2.30 bits per heavy atom.